The Hall–Kier alpha value is -0.870. The summed E-state index contributed by atoms with van der Waals surface area (Å²) in [7, 11) is 0. The fourth-order valence-electron chi connectivity index (χ4n) is 1.59. The summed E-state index contributed by atoms with van der Waals surface area (Å²) in [6.07, 6.45) is 0.441. The molecule has 4 heteroatoms. The van der Waals surface area contributed by atoms with Gasteiger partial charge in [0.05, 0.1) is 13.0 Å². The summed E-state index contributed by atoms with van der Waals surface area (Å²) in [5.41, 5.74) is 0. The van der Waals surface area contributed by atoms with Gasteiger partial charge in [-0.3, -0.25) is 4.79 Å². The molecule has 0 amide bonds. The Balaban J connectivity index is 2.40. The third kappa shape index (κ3) is 5.33. The smallest absolute Gasteiger partial charge is 0.307 e. The van der Waals surface area contributed by atoms with Crippen LogP contribution in [0.2, 0.25) is 0 Å². The molecule has 1 rings (SSSR count). The van der Waals surface area contributed by atoms with Crippen LogP contribution < -0.4 is 5.32 Å². The first-order valence-electron chi connectivity index (χ1n) is 6.04. The van der Waals surface area contributed by atoms with Gasteiger partial charge in [0.1, 0.15) is 0 Å². The monoisotopic (exact) mass is 255 g/mol. The van der Waals surface area contributed by atoms with Crippen LogP contribution in [0, 0.1) is 5.92 Å². The van der Waals surface area contributed by atoms with E-state index in [1.807, 2.05) is 13.0 Å². The highest BCUT2D eigenvalue weighted by atomic mass is 32.1. The van der Waals surface area contributed by atoms with E-state index >= 15 is 0 Å². The number of rotatable bonds is 7. The van der Waals surface area contributed by atoms with E-state index in [4.69, 9.17) is 4.74 Å². The molecular formula is C13H21NO2S. The Labute approximate surface area is 107 Å². The predicted molar refractivity (Wildman–Crippen MR) is 71.0 cm³/mol. The maximum atomic E-state index is 11.5. The van der Waals surface area contributed by atoms with Crippen LogP contribution >= 0.6 is 11.3 Å². The number of esters is 1. The van der Waals surface area contributed by atoms with E-state index in [1.165, 1.54) is 4.88 Å². The summed E-state index contributed by atoms with van der Waals surface area (Å²) in [4.78, 5) is 12.8. The summed E-state index contributed by atoms with van der Waals surface area (Å²) >= 11 is 1.73. The SMILES string of the molecule is CCOC(=O)CC(NCc1cccs1)C(C)C. The predicted octanol–water partition coefficient (Wildman–Crippen LogP) is 2.82. The lowest BCUT2D eigenvalue weighted by atomic mass is 10.0. The van der Waals surface area contributed by atoms with E-state index < -0.39 is 0 Å². The van der Waals surface area contributed by atoms with Crippen molar-refractivity contribution in [1.82, 2.24) is 5.32 Å². The highest BCUT2D eigenvalue weighted by Gasteiger charge is 2.17. The van der Waals surface area contributed by atoms with Gasteiger partial charge in [-0.25, -0.2) is 0 Å². The normalized spacial score (nSPS) is 12.7. The molecule has 1 aromatic rings. The second kappa shape index (κ2) is 7.45. The number of ether oxygens (including phenoxy) is 1. The Bertz CT molecular complexity index is 322. The van der Waals surface area contributed by atoms with Gasteiger partial charge in [-0.05, 0) is 24.3 Å². The highest BCUT2D eigenvalue weighted by Crippen LogP contribution is 2.12. The molecule has 96 valence electrons. The average Bonchev–Trinajstić information content (AvgIpc) is 2.77. The first-order valence-corrected chi connectivity index (χ1v) is 6.92. The summed E-state index contributed by atoms with van der Waals surface area (Å²) in [5, 5.41) is 5.48. The first kappa shape index (κ1) is 14.2. The molecule has 1 aromatic heterocycles. The molecule has 0 fully saturated rings. The van der Waals surface area contributed by atoms with Crippen molar-refractivity contribution in [3.63, 3.8) is 0 Å². The van der Waals surface area contributed by atoms with Crippen LogP contribution in [-0.4, -0.2) is 18.6 Å². The van der Waals surface area contributed by atoms with E-state index in [1.54, 1.807) is 11.3 Å². The quantitative estimate of drug-likeness (QED) is 0.761. The molecule has 0 saturated carbocycles. The van der Waals surface area contributed by atoms with E-state index in [0.29, 0.717) is 18.9 Å². The minimum Gasteiger partial charge on any atom is -0.466 e. The van der Waals surface area contributed by atoms with Crippen molar-refractivity contribution in [3.05, 3.63) is 22.4 Å². The van der Waals surface area contributed by atoms with Crippen molar-refractivity contribution in [1.29, 1.82) is 0 Å². The molecule has 0 aliphatic rings. The summed E-state index contributed by atoms with van der Waals surface area (Å²) in [6, 6.07) is 4.31. The first-order chi connectivity index (χ1) is 8.13. The Morgan fingerprint density at radius 3 is 2.82 bits per heavy atom. The van der Waals surface area contributed by atoms with Crippen LogP contribution in [0.4, 0.5) is 0 Å². The number of carbonyl (C=O) groups excluding carboxylic acids is 1. The third-order valence-corrected chi connectivity index (χ3v) is 3.49. The minimum absolute atomic E-state index is 0.120. The molecule has 0 spiro atoms. The van der Waals surface area contributed by atoms with Gasteiger partial charge in [0.2, 0.25) is 0 Å². The number of thiophene rings is 1. The zero-order valence-electron chi connectivity index (χ0n) is 10.7. The number of nitrogens with one attached hydrogen (secondary N) is 1. The van der Waals surface area contributed by atoms with E-state index in [-0.39, 0.29) is 12.0 Å². The fraction of sp³-hybridized carbons (Fsp3) is 0.615. The Morgan fingerprint density at radius 2 is 2.29 bits per heavy atom. The molecule has 1 atom stereocenters. The van der Waals surface area contributed by atoms with Crippen molar-refractivity contribution in [2.75, 3.05) is 6.61 Å². The van der Waals surface area contributed by atoms with Crippen LogP contribution in [0.3, 0.4) is 0 Å². The van der Waals surface area contributed by atoms with Crippen molar-refractivity contribution < 1.29 is 9.53 Å². The topological polar surface area (TPSA) is 38.3 Å². The van der Waals surface area contributed by atoms with Crippen molar-refractivity contribution in [2.24, 2.45) is 5.92 Å². The maximum Gasteiger partial charge on any atom is 0.307 e. The van der Waals surface area contributed by atoms with Crippen LogP contribution in [0.15, 0.2) is 17.5 Å². The molecule has 1 N–H and O–H groups in total. The van der Waals surface area contributed by atoms with Gasteiger partial charge in [0.15, 0.2) is 0 Å². The van der Waals surface area contributed by atoms with Crippen molar-refractivity contribution in [3.8, 4) is 0 Å². The Morgan fingerprint density at radius 1 is 1.53 bits per heavy atom. The molecule has 0 aromatic carbocycles. The molecular weight excluding hydrogens is 234 g/mol. The van der Waals surface area contributed by atoms with Gasteiger partial charge in [-0.1, -0.05) is 19.9 Å². The molecule has 1 unspecified atom stereocenters. The highest BCUT2D eigenvalue weighted by molar-refractivity contribution is 7.09. The largest absolute Gasteiger partial charge is 0.466 e. The molecule has 0 saturated heterocycles. The Kier molecular flexibility index (Phi) is 6.22. The van der Waals surface area contributed by atoms with Crippen LogP contribution in [0.1, 0.15) is 32.1 Å². The molecule has 17 heavy (non-hydrogen) atoms. The van der Waals surface area contributed by atoms with E-state index in [2.05, 4.69) is 30.6 Å². The summed E-state index contributed by atoms with van der Waals surface area (Å²) in [6.45, 7) is 7.34. The van der Waals surface area contributed by atoms with Gasteiger partial charge in [-0.2, -0.15) is 0 Å². The lowest BCUT2D eigenvalue weighted by Gasteiger charge is -2.21. The molecule has 1 heterocycles. The van der Waals surface area contributed by atoms with Gasteiger partial charge in [0.25, 0.3) is 0 Å². The number of hydrogen-bond donors (Lipinski definition) is 1. The van der Waals surface area contributed by atoms with Crippen molar-refractivity contribution >= 4 is 17.3 Å². The van der Waals surface area contributed by atoms with Gasteiger partial charge >= 0.3 is 5.97 Å². The zero-order valence-corrected chi connectivity index (χ0v) is 11.5. The second-order valence-electron chi connectivity index (χ2n) is 4.32. The average molecular weight is 255 g/mol. The van der Waals surface area contributed by atoms with Crippen LogP contribution in [0.25, 0.3) is 0 Å². The van der Waals surface area contributed by atoms with Gasteiger partial charge in [0, 0.05) is 17.5 Å². The molecule has 0 aliphatic heterocycles. The lowest BCUT2D eigenvalue weighted by Crippen LogP contribution is -2.35. The third-order valence-electron chi connectivity index (χ3n) is 2.62. The summed E-state index contributed by atoms with van der Waals surface area (Å²) < 4.78 is 4.98. The van der Waals surface area contributed by atoms with Gasteiger partial charge < -0.3 is 10.1 Å². The standard InChI is InChI=1S/C13H21NO2S/c1-4-16-13(15)8-12(10(2)3)14-9-11-6-5-7-17-11/h5-7,10,12,14H,4,8-9H2,1-3H3. The molecule has 0 aliphatic carbocycles. The fourth-order valence-corrected chi connectivity index (χ4v) is 2.24. The van der Waals surface area contributed by atoms with Gasteiger partial charge in [-0.15, -0.1) is 11.3 Å². The lowest BCUT2D eigenvalue weighted by molar-refractivity contribution is -0.144. The van der Waals surface area contributed by atoms with E-state index in [9.17, 15) is 4.79 Å². The maximum absolute atomic E-state index is 11.5. The van der Waals surface area contributed by atoms with Crippen LogP contribution in [-0.2, 0) is 16.1 Å². The van der Waals surface area contributed by atoms with Crippen molar-refractivity contribution in [2.45, 2.75) is 39.8 Å². The number of carbonyl (C=O) groups is 1. The zero-order chi connectivity index (χ0) is 12.7. The van der Waals surface area contributed by atoms with E-state index in [0.717, 1.165) is 6.54 Å². The molecule has 3 nitrogen and oxygen atoms in total. The summed E-state index contributed by atoms with van der Waals surface area (Å²) in [5.74, 6) is 0.296. The van der Waals surface area contributed by atoms with Crippen LogP contribution in [0.5, 0.6) is 0 Å². The minimum atomic E-state index is -0.120. The number of hydrogen-bond acceptors (Lipinski definition) is 4. The second-order valence-corrected chi connectivity index (χ2v) is 5.35. The molecule has 0 radical (unpaired) electrons. The molecule has 0 bridgehead atoms.